The molecule has 4 nitrogen and oxygen atoms in total. The lowest BCUT2D eigenvalue weighted by molar-refractivity contribution is -0.119. The molecule has 0 heterocycles. The molecule has 1 saturated carbocycles. The third kappa shape index (κ3) is 3.77. The minimum atomic E-state index is -3.76. The van der Waals surface area contributed by atoms with Crippen molar-refractivity contribution in [3.63, 3.8) is 0 Å². The molecule has 1 aliphatic carbocycles. The van der Waals surface area contributed by atoms with E-state index in [-0.39, 0.29) is 16.7 Å². The highest BCUT2D eigenvalue weighted by Gasteiger charge is 2.33. The van der Waals surface area contributed by atoms with Gasteiger partial charge in [0.05, 0.1) is 4.90 Å². The lowest BCUT2D eigenvalue weighted by Crippen LogP contribution is -2.23. The van der Waals surface area contributed by atoms with E-state index in [0.717, 1.165) is 18.4 Å². The Morgan fingerprint density at radius 2 is 2.05 bits per heavy atom. The van der Waals surface area contributed by atoms with Crippen LogP contribution in [0.2, 0.25) is 0 Å². The van der Waals surface area contributed by atoms with E-state index in [0.29, 0.717) is 23.6 Å². The fourth-order valence-corrected chi connectivity index (χ4v) is 3.34. The molecule has 0 spiro atoms. The molecule has 1 fully saturated rings. The van der Waals surface area contributed by atoms with Crippen LogP contribution in [0.5, 0.6) is 0 Å². The number of nitrogens with one attached hydrogen (secondary N) is 1. The number of benzene rings is 1. The van der Waals surface area contributed by atoms with E-state index in [2.05, 4.69) is 5.32 Å². The number of anilines is 1. The summed E-state index contributed by atoms with van der Waals surface area (Å²) in [6, 6.07) is 3.03. The first-order chi connectivity index (χ1) is 9.74. The molecule has 2 rings (SSSR count). The zero-order chi connectivity index (χ0) is 15.8. The smallest absolute Gasteiger partial charge is 0.261 e. The van der Waals surface area contributed by atoms with E-state index in [1.54, 1.807) is 6.92 Å². The van der Waals surface area contributed by atoms with Gasteiger partial charge in [-0.1, -0.05) is 13.8 Å². The average molecular weight is 330 g/mol. The van der Waals surface area contributed by atoms with Gasteiger partial charge in [-0.2, -0.15) is 0 Å². The molecule has 0 saturated heterocycles. The molecule has 1 aromatic rings. The standard InChI is InChI=1S/C15H20ClNO3S/c1-4-11-8-13(21(16,19)20)7-9(2)14(11)17-15(18)10(3)12-5-6-12/h7-8,10,12H,4-6H2,1-3H3,(H,17,18). The summed E-state index contributed by atoms with van der Waals surface area (Å²) in [6.45, 7) is 5.63. The summed E-state index contributed by atoms with van der Waals surface area (Å²) in [6.07, 6.45) is 2.84. The van der Waals surface area contributed by atoms with Gasteiger partial charge in [0, 0.05) is 22.3 Å². The van der Waals surface area contributed by atoms with Gasteiger partial charge < -0.3 is 5.32 Å². The maximum absolute atomic E-state index is 12.2. The number of hydrogen-bond acceptors (Lipinski definition) is 3. The van der Waals surface area contributed by atoms with Crippen LogP contribution in [0.3, 0.4) is 0 Å². The first-order valence-electron chi connectivity index (χ1n) is 7.13. The second-order valence-electron chi connectivity index (χ2n) is 5.68. The van der Waals surface area contributed by atoms with Crippen LogP contribution < -0.4 is 5.32 Å². The highest BCUT2D eigenvalue weighted by atomic mass is 35.7. The molecule has 0 aliphatic heterocycles. The van der Waals surface area contributed by atoms with E-state index >= 15 is 0 Å². The molecule has 1 unspecified atom stereocenters. The average Bonchev–Trinajstić information content (AvgIpc) is 3.22. The summed E-state index contributed by atoms with van der Waals surface area (Å²) in [4.78, 5) is 12.3. The summed E-state index contributed by atoms with van der Waals surface area (Å²) in [5, 5.41) is 2.95. The van der Waals surface area contributed by atoms with Crippen molar-refractivity contribution >= 4 is 31.3 Å². The lowest BCUT2D eigenvalue weighted by Gasteiger charge is -2.17. The summed E-state index contributed by atoms with van der Waals surface area (Å²) in [5.41, 5.74) is 2.20. The van der Waals surface area contributed by atoms with Crippen molar-refractivity contribution in [1.29, 1.82) is 0 Å². The van der Waals surface area contributed by atoms with Crippen LogP contribution in [0.25, 0.3) is 0 Å². The fourth-order valence-electron chi connectivity index (χ4n) is 2.47. The van der Waals surface area contributed by atoms with Crippen LogP contribution in [0, 0.1) is 18.8 Å². The summed E-state index contributed by atoms with van der Waals surface area (Å²) < 4.78 is 22.9. The van der Waals surface area contributed by atoms with Gasteiger partial charge in [-0.15, -0.1) is 0 Å². The van der Waals surface area contributed by atoms with Crippen molar-refractivity contribution in [2.75, 3.05) is 5.32 Å². The van der Waals surface area contributed by atoms with Gasteiger partial charge in [-0.25, -0.2) is 8.42 Å². The highest BCUT2D eigenvalue weighted by Crippen LogP contribution is 2.37. The molecule has 1 amide bonds. The molecule has 1 aromatic carbocycles. The molecule has 116 valence electrons. The molecule has 0 radical (unpaired) electrons. The molecule has 21 heavy (non-hydrogen) atoms. The number of amides is 1. The highest BCUT2D eigenvalue weighted by molar-refractivity contribution is 8.13. The van der Waals surface area contributed by atoms with Crippen molar-refractivity contribution in [2.45, 2.75) is 44.9 Å². The SMILES string of the molecule is CCc1cc(S(=O)(=O)Cl)cc(C)c1NC(=O)C(C)C1CC1. The van der Waals surface area contributed by atoms with Gasteiger partial charge in [0.15, 0.2) is 0 Å². The Bertz CT molecular complexity index is 666. The molecule has 0 aromatic heterocycles. The van der Waals surface area contributed by atoms with Gasteiger partial charge in [0.1, 0.15) is 0 Å². The van der Waals surface area contributed by atoms with E-state index < -0.39 is 9.05 Å². The Balaban J connectivity index is 2.32. The Kier molecular flexibility index (Phi) is 4.63. The Hall–Kier alpha value is -1.07. The molecular formula is C15H20ClNO3S. The largest absolute Gasteiger partial charge is 0.325 e. The van der Waals surface area contributed by atoms with Crippen LogP contribution in [-0.4, -0.2) is 14.3 Å². The molecule has 1 atom stereocenters. The van der Waals surface area contributed by atoms with Crippen molar-refractivity contribution in [2.24, 2.45) is 11.8 Å². The number of aryl methyl sites for hydroxylation is 2. The maximum Gasteiger partial charge on any atom is 0.261 e. The summed E-state index contributed by atoms with van der Waals surface area (Å²) in [7, 11) is 1.64. The summed E-state index contributed by atoms with van der Waals surface area (Å²) in [5.74, 6) is 0.472. The van der Waals surface area contributed by atoms with Crippen molar-refractivity contribution in [3.05, 3.63) is 23.3 Å². The first-order valence-corrected chi connectivity index (χ1v) is 9.44. The number of rotatable bonds is 5. The molecule has 1 aliphatic rings. The Labute approximate surface area is 130 Å². The fraction of sp³-hybridized carbons (Fsp3) is 0.533. The quantitative estimate of drug-likeness (QED) is 0.841. The monoisotopic (exact) mass is 329 g/mol. The minimum absolute atomic E-state index is 0.00298. The predicted molar refractivity (Wildman–Crippen MR) is 84.1 cm³/mol. The molecular weight excluding hydrogens is 310 g/mol. The molecule has 1 N–H and O–H groups in total. The number of carbonyl (C=O) groups is 1. The second kappa shape index (κ2) is 5.97. The Morgan fingerprint density at radius 3 is 2.52 bits per heavy atom. The first kappa shape index (κ1) is 16.3. The number of carbonyl (C=O) groups excluding carboxylic acids is 1. The number of hydrogen-bond donors (Lipinski definition) is 1. The Morgan fingerprint density at radius 1 is 1.43 bits per heavy atom. The molecule has 0 bridgehead atoms. The van der Waals surface area contributed by atoms with Crippen LogP contribution in [0.4, 0.5) is 5.69 Å². The predicted octanol–water partition coefficient (Wildman–Crippen LogP) is 3.47. The third-order valence-electron chi connectivity index (χ3n) is 4.04. The van der Waals surface area contributed by atoms with Crippen LogP contribution in [0.15, 0.2) is 17.0 Å². The zero-order valence-electron chi connectivity index (χ0n) is 12.4. The van der Waals surface area contributed by atoms with E-state index in [9.17, 15) is 13.2 Å². The van der Waals surface area contributed by atoms with Gasteiger partial charge in [-0.05, 0) is 55.4 Å². The van der Waals surface area contributed by atoms with Crippen LogP contribution in [0.1, 0.15) is 37.8 Å². The van der Waals surface area contributed by atoms with Crippen molar-refractivity contribution in [3.8, 4) is 0 Å². The van der Waals surface area contributed by atoms with Gasteiger partial charge in [0.2, 0.25) is 5.91 Å². The third-order valence-corrected chi connectivity index (χ3v) is 5.38. The topological polar surface area (TPSA) is 63.2 Å². The van der Waals surface area contributed by atoms with Gasteiger partial charge >= 0.3 is 0 Å². The minimum Gasteiger partial charge on any atom is -0.325 e. The van der Waals surface area contributed by atoms with Crippen molar-refractivity contribution in [1.82, 2.24) is 0 Å². The normalized spacial score (nSPS) is 16.6. The van der Waals surface area contributed by atoms with Crippen molar-refractivity contribution < 1.29 is 13.2 Å². The van der Waals surface area contributed by atoms with E-state index in [1.165, 1.54) is 12.1 Å². The van der Waals surface area contributed by atoms with E-state index in [1.807, 2.05) is 13.8 Å². The molecule has 6 heteroatoms. The van der Waals surface area contributed by atoms with Crippen LogP contribution >= 0.6 is 10.7 Å². The van der Waals surface area contributed by atoms with Gasteiger partial charge in [-0.3, -0.25) is 4.79 Å². The van der Waals surface area contributed by atoms with E-state index in [4.69, 9.17) is 10.7 Å². The lowest BCUT2D eigenvalue weighted by atomic mass is 10.0. The zero-order valence-corrected chi connectivity index (χ0v) is 14.0. The van der Waals surface area contributed by atoms with Crippen LogP contribution in [-0.2, 0) is 20.3 Å². The second-order valence-corrected chi connectivity index (χ2v) is 8.25. The summed E-state index contributed by atoms with van der Waals surface area (Å²) >= 11 is 0. The number of halogens is 1. The van der Waals surface area contributed by atoms with Gasteiger partial charge in [0.25, 0.3) is 9.05 Å². The maximum atomic E-state index is 12.2.